The molecule has 0 bridgehead atoms. The number of benzene rings is 1. The molecular weight excluding hydrogens is 262 g/mol. The van der Waals surface area contributed by atoms with E-state index in [0.717, 1.165) is 24.9 Å². The van der Waals surface area contributed by atoms with Gasteiger partial charge in [0.25, 0.3) is 0 Å². The van der Waals surface area contributed by atoms with Crippen LogP contribution in [0.15, 0.2) is 30.3 Å². The van der Waals surface area contributed by atoms with E-state index in [1.165, 1.54) is 0 Å². The van der Waals surface area contributed by atoms with Crippen molar-refractivity contribution in [2.75, 3.05) is 19.8 Å². The summed E-state index contributed by atoms with van der Waals surface area (Å²) in [5.74, 6) is 0.644. The van der Waals surface area contributed by atoms with Gasteiger partial charge in [0.1, 0.15) is 0 Å². The second-order valence-corrected chi connectivity index (χ2v) is 6.20. The van der Waals surface area contributed by atoms with Gasteiger partial charge in [-0.15, -0.1) is 0 Å². The zero-order valence-corrected chi connectivity index (χ0v) is 13.9. The number of likely N-dealkylation sites (N-methyl/N-ethyl adjacent to an activating group) is 1. The zero-order valence-electron chi connectivity index (χ0n) is 13.9. The van der Waals surface area contributed by atoms with Gasteiger partial charge in [0.05, 0.1) is 18.2 Å². The molecule has 0 heterocycles. The van der Waals surface area contributed by atoms with Crippen molar-refractivity contribution in [3.8, 4) is 0 Å². The van der Waals surface area contributed by atoms with Crippen molar-refractivity contribution in [1.82, 2.24) is 5.32 Å². The van der Waals surface area contributed by atoms with E-state index in [1.807, 2.05) is 18.2 Å². The molecule has 2 unspecified atom stereocenters. The van der Waals surface area contributed by atoms with Gasteiger partial charge in [-0.3, -0.25) is 0 Å². The lowest BCUT2D eigenvalue weighted by Gasteiger charge is -2.34. The molecule has 1 rings (SSSR count). The molecule has 21 heavy (non-hydrogen) atoms. The summed E-state index contributed by atoms with van der Waals surface area (Å²) in [4.78, 5) is 0. The van der Waals surface area contributed by atoms with Gasteiger partial charge in [0.2, 0.25) is 0 Å². The van der Waals surface area contributed by atoms with Crippen LogP contribution in [0.3, 0.4) is 0 Å². The van der Waals surface area contributed by atoms with Crippen LogP contribution in [-0.2, 0) is 10.3 Å². The van der Waals surface area contributed by atoms with Crippen molar-refractivity contribution >= 4 is 0 Å². The second kappa shape index (κ2) is 9.19. The molecule has 3 nitrogen and oxygen atoms in total. The van der Waals surface area contributed by atoms with Crippen molar-refractivity contribution in [2.45, 2.75) is 52.2 Å². The number of hydrogen-bond acceptors (Lipinski definition) is 3. The second-order valence-electron chi connectivity index (χ2n) is 6.20. The van der Waals surface area contributed by atoms with Crippen LogP contribution in [0, 0.1) is 5.92 Å². The summed E-state index contributed by atoms with van der Waals surface area (Å²) >= 11 is 0. The minimum atomic E-state index is -0.409. The summed E-state index contributed by atoms with van der Waals surface area (Å²) in [5, 5.41) is 13.4. The Labute approximate surface area is 129 Å². The summed E-state index contributed by atoms with van der Waals surface area (Å²) in [6.45, 7) is 10.1. The van der Waals surface area contributed by atoms with E-state index in [9.17, 15) is 5.11 Å². The highest BCUT2D eigenvalue weighted by atomic mass is 16.5. The molecule has 3 heteroatoms. The lowest BCUT2D eigenvalue weighted by molar-refractivity contribution is 0.0265. The van der Waals surface area contributed by atoms with Crippen LogP contribution < -0.4 is 5.32 Å². The van der Waals surface area contributed by atoms with Crippen LogP contribution in [0.1, 0.15) is 46.1 Å². The molecule has 0 aliphatic heterocycles. The van der Waals surface area contributed by atoms with E-state index in [0.29, 0.717) is 12.5 Å². The Morgan fingerprint density at radius 1 is 1.19 bits per heavy atom. The van der Waals surface area contributed by atoms with Crippen molar-refractivity contribution in [1.29, 1.82) is 0 Å². The molecular formula is C18H31NO2. The van der Waals surface area contributed by atoms with Crippen LogP contribution in [0.25, 0.3) is 0 Å². The summed E-state index contributed by atoms with van der Waals surface area (Å²) in [6, 6.07) is 10.2. The molecule has 0 radical (unpaired) electrons. The molecule has 0 aromatic heterocycles. The Bertz CT molecular complexity index is 380. The summed E-state index contributed by atoms with van der Waals surface area (Å²) in [7, 11) is 0. The molecule has 0 aliphatic rings. The van der Waals surface area contributed by atoms with Crippen molar-refractivity contribution in [3.63, 3.8) is 0 Å². The number of aliphatic hydroxyl groups excluding tert-OH is 1. The van der Waals surface area contributed by atoms with Gasteiger partial charge >= 0.3 is 0 Å². The molecule has 120 valence electrons. The monoisotopic (exact) mass is 293 g/mol. The van der Waals surface area contributed by atoms with E-state index >= 15 is 0 Å². The number of ether oxygens (including phenoxy) is 1. The van der Waals surface area contributed by atoms with E-state index in [1.54, 1.807) is 0 Å². The first-order valence-electron chi connectivity index (χ1n) is 8.07. The average Bonchev–Trinajstić information content (AvgIpc) is 2.46. The molecule has 2 atom stereocenters. The first-order valence-corrected chi connectivity index (χ1v) is 8.07. The van der Waals surface area contributed by atoms with E-state index in [4.69, 9.17) is 4.74 Å². The third-order valence-electron chi connectivity index (χ3n) is 3.85. The molecule has 0 saturated heterocycles. The maximum atomic E-state index is 9.95. The lowest BCUT2D eigenvalue weighted by Crippen LogP contribution is -2.46. The highest BCUT2D eigenvalue weighted by molar-refractivity contribution is 5.24. The van der Waals surface area contributed by atoms with Crippen molar-refractivity contribution in [2.24, 2.45) is 5.92 Å². The SMILES string of the molecule is CCNC(CO)(CCOC(C)CC(C)C)c1ccccc1. The molecule has 1 aromatic rings. The van der Waals surface area contributed by atoms with Crippen LogP contribution in [0.4, 0.5) is 0 Å². The third kappa shape index (κ3) is 5.77. The minimum absolute atomic E-state index is 0.0762. The Morgan fingerprint density at radius 3 is 2.38 bits per heavy atom. The van der Waals surface area contributed by atoms with Crippen molar-refractivity contribution in [3.05, 3.63) is 35.9 Å². The Hall–Kier alpha value is -0.900. The maximum Gasteiger partial charge on any atom is 0.0691 e. The molecule has 0 amide bonds. The first kappa shape index (κ1) is 18.1. The largest absolute Gasteiger partial charge is 0.394 e. The van der Waals surface area contributed by atoms with Crippen LogP contribution in [0.5, 0.6) is 0 Å². The summed E-state index contributed by atoms with van der Waals surface area (Å²) < 4.78 is 5.93. The van der Waals surface area contributed by atoms with E-state index < -0.39 is 5.54 Å². The van der Waals surface area contributed by atoms with Crippen LogP contribution >= 0.6 is 0 Å². The fourth-order valence-corrected chi connectivity index (χ4v) is 2.82. The maximum absolute atomic E-state index is 9.95. The highest BCUT2D eigenvalue weighted by Crippen LogP contribution is 2.25. The average molecular weight is 293 g/mol. The van der Waals surface area contributed by atoms with Gasteiger partial charge in [-0.2, -0.15) is 0 Å². The minimum Gasteiger partial charge on any atom is -0.394 e. The van der Waals surface area contributed by atoms with E-state index in [-0.39, 0.29) is 12.7 Å². The number of hydrogen-bond donors (Lipinski definition) is 2. The van der Waals surface area contributed by atoms with Gasteiger partial charge < -0.3 is 15.2 Å². The van der Waals surface area contributed by atoms with Crippen molar-refractivity contribution < 1.29 is 9.84 Å². The van der Waals surface area contributed by atoms with Gasteiger partial charge in [0, 0.05) is 6.61 Å². The molecule has 0 aliphatic carbocycles. The normalized spacial score (nSPS) is 15.9. The fourth-order valence-electron chi connectivity index (χ4n) is 2.82. The standard InChI is InChI=1S/C18H31NO2/c1-5-19-18(14-20,17-9-7-6-8-10-17)11-12-21-16(4)13-15(2)3/h6-10,15-16,19-20H,5,11-14H2,1-4H3. The molecule has 1 aromatic carbocycles. The first-order chi connectivity index (χ1) is 10.0. The summed E-state index contributed by atoms with van der Waals surface area (Å²) in [6.07, 6.45) is 2.10. The lowest BCUT2D eigenvalue weighted by atomic mass is 9.87. The molecule has 2 N–H and O–H groups in total. The molecule has 0 saturated carbocycles. The van der Waals surface area contributed by atoms with Gasteiger partial charge in [0.15, 0.2) is 0 Å². The Morgan fingerprint density at radius 2 is 1.86 bits per heavy atom. The quantitative estimate of drug-likeness (QED) is 0.695. The van der Waals surface area contributed by atoms with Gasteiger partial charge in [-0.05, 0) is 37.8 Å². The zero-order chi connectivity index (χ0) is 15.7. The Balaban J connectivity index is 2.67. The van der Waals surface area contributed by atoms with Crippen LogP contribution in [-0.4, -0.2) is 31.0 Å². The number of rotatable bonds is 10. The fraction of sp³-hybridized carbons (Fsp3) is 0.667. The smallest absolute Gasteiger partial charge is 0.0691 e. The predicted octanol–water partition coefficient (Wildman–Crippen LogP) is 3.33. The highest BCUT2D eigenvalue weighted by Gasteiger charge is 2.30. The topological polar surface area (TPSA) is 41.5 Å². The molecule has 0 spiro atoms. The Kier molecular flexibility index (Phi) is 7.94. The third-order valence-corrected chi connectivity index (χ3v) is 3.85. The van der Waals surface area contributed by atoms with Crippen LogP contribution in [0.2, 0.25) is 0 Å². The number of aliphatic hydroxyl groups is 1. The van der Waals surface area contributed by atoms with Gasteiger partial charge in [-0.25, -0.2) is 0 Å². The number of nitrogens with one attached hydrogen (secondary N) is 1. The van der Waals surface area contributed by atoms with E-state index in [2.05, 4.69) is 45.1 Å². The predicted molar refractivity (Wildman–Crippen MR) is 88.4 cm³/mol. The molecule has 0 fully saturated rings. The van der Waals surface area contributed by atoms with Gasteiger partial charge in [-0.1, -0.05) is 51.1 Å². The summed E-state index contributed by atoms with van der Waals surface area (Å²) in [5.41, 5.74) is 0.711.